The second kappa shape index (κ2) is 14.3. The van der Waals surface area contributed by atoms with Gasteiger partial charge in [-0.2, -0.15) is 13.2 Å². The molecule has 0 spiro atoms. The Kier molecular flexibility index (Phi) is 11.3. The number of amides is 2. The monoisotopic (exact) mass is 643 g/mol. The van der Waals surface area contributed by atoms with Crippen LogP contribution in [0.4, 0.5) is 18.9 Å². The van der Waals surface area contributed by atoms with Crippen LogP contribution < -0.4 is 9.62 Å². The third-order valence-electron chi connectivity index (χ3n) is 6.40. The number of nitrogens with zero attached hydrogens (tertiary/aromatic N) is 2. The van der Waals surface area contributed by atoms with Gasteiger partial charge in [0.05, 0.1) is 16.1 Å². The van der Waals surface area contributed by atoms with E-state index in [-0.39, 0.29) is 33.6 Å². The fourth-order valence-electron chi connectivity index (χ4n) is 4.23. The Hall–Kier alpha value is -3.28. The molecule has 0 aliphatic rings. The van der Waals surface area contributed by atoms with Crippen LogP contribution in [-0.2, 0) is 32.3 Å². The summed E-state index contributed by atoms with van der Waals surface area (Å²) in [5.41, 5.74) is -1.14. The first kappa shape index (κ1) is 33.2. The topological polar surface area (TPSA) is 86.8 Å². The van der Waals surface area contributed by atoms with Gasteiger partial charge in [-0.3, -0.25) is 13.9 Å². The highest BCUT2D eigenvalue weighted by atomic mass is 35.5. The zero-order valence-electron chi connectivity index (χ0n) is 22.9. The van der Waals surface area contributed by atoms with E-state index in [1.165, 1.54) is 30.3 Å². The average Bonchev–Trinajstić information content (AvgIpc) is 2.96. The van der Waals surface area contributed by atoms with Crippen LogP contribution in [0.2, 0.25) is 10.0 Å². The van der Waals surface area contributed by atoms with Gasteiger partial charge in [0.2, 0.25) is 11.8 Å². The number of halogens is 5. The normalized spacial score (nSPS) is 12.5. The van der Waals surface area contributed by atoms with Gasteiger partial charge in [-0.05, 0) is 55.3 Å². The number of sulfonamides is 1. The summed E-state index contributed by atoms with van der Waals surface area (Å²) in [6, 6.07) is 14.4. The van der Waals surface area contributed by atoms with Crippen molar-refractivity contribution in [1.29, 1.82) is 0 Å². The number of hydrogen-bond acceptors (Lipinski definition) is 4. The smallest absolute Gasteiger partial charge is 0.354 e. The Labute approximate surface area is 253 Å². The van der Waals surface area contributed by atoms with Crippen molar-refractivity contribution < 1.29 is 31.2 Å². The van der Waals surface area contributed by atoms with Gasteiger partial charge in [0.25, 0.3) is 10.0 Å². The van der Waals surface area contributed by atoms with E-state index in [9.17, 15) is 31.2 Å². The first-order chi connectivity index (χ1) is 19.8. The van der Waals surface area contributed by atoms with Crippen molar-refractivity contribution in [3.05, 3.63) is 94.0 Å². The summed E-state index contributed by atoms with van der Waals surface area (Å²) < 4.78 is 68.9. The third kappa shape index (κ3) is 7.96. The zero-order valence-corrected chi connectivity index (χ0v) is 25.2. The van der Waals surface area contributed by atoms with Gasteiger partial charge in [0.15, 0.2) is 0 Å². The molecule has 0 aliphatic carbocycles. The third-order valence-corrected chi connectivity index (χ3v) is 8.89. The molecule has 0 aromatic heterocycles. The molecular weight excluding hydrogens is 614 g/mol. The minimum Gasteiger partial charge on any atom is -0.354 e. The molecule has 3 aromatic carbocycles. The van der Waals surface area contributed by atoms with Crippen LogP contribution in [0.25, 0.3) is 0 Å². The maximum atomic E-state index is 14.0. The Morgan fingerprint density at radius 2 is 1.55 bits per heavy atom. The largest absolute Gasteiger partial charge is 0.416 e. The standard InChI is InChI=1S/C29H30Cl2F3N3O4S/c1-3-16-35-28(39)26(4-2)36(18-23-24(30)14-9-15-25(23)31)27(38)19-37(42(40,41)22-12-6-5-7-13-22)21-11-8-10-20(17-21)29(32,33)34/h5-15,17,26H,3-4,16,18-19H2,1-2H3,(H,35,39)/t26-/m1/s1. The van der Waals surface area contributed by atoms with E-state index in [1.54, 1.807) is 31.2 Å². The SMILES string of the molecule is CCCNC(=O)[C@@H](CC)N(Cc1c(Cl)cccc1Cl)C(=O)CN(c1cccc(C(F)(F)F)c1)S(=O)(=O)c1ccccc1. The number of carbonyl (C=O) groups is 2. The summed E-state index contributed by atoms with van der Waals surface area (Å²) >= 11 is 12.7. The lowest BCUT2D eigenvalue weighted by Crippen LogP contribution is -2.52. The Balaban J connectivity index is 2.14. The van der Waals surface area contributed by atoms with Gasteiger partial charge in [-0.15, -0.1) is 0 Å². The van der Waals surface area contributed by atoms with Gasteiger partial charge < -0.3 is 10.2 Å². The Bertz CT molecular complexity index is 1490. The van der Waals surface area contributed by atoms with Crippen LogP contribution >= 0.6 is 23.2 Å². The van der Waals surface area contributed by atoms with Crippen LogP contribution in [0.1, 0.15) is 37.8 Å². The van der Waals surface area contributed by atoms with E-state index in [1.807, 2.05) is 6.92 Å². The van der Waals surface area contributed by atoms with E-state index < -0.39 is 46.2 Å². The molecule has 226 valence electrons. The summed E-state index contributed by atoms with van der Waals surface area (Å²) in [5, 5.41) is 3.18. The zero-order chi connectivity index (χ0) is 31.1. The predicted octanol–water partition coefficient (Wildman–Crippen LogP) is 6.54. The van der Waals surface area contributed by atoms with Crippen LogP contribution in [0.3, 0.4) is 0 Å². The van der Waals surface area contributed by atoms with Crippen molar-refractivity contribution in [3.63, 3.8) is 0 Å². The van der Waals surface area contributed by atoms with Gasteiger partial charge in [-0.1, -0.05) is 67.4 Å². The van der Waals surface area contributed by atoms with E-state index in [0.29, 0.717) is 28.9 Å². The molecule has 2 amide bonds. The number of hydrogen-bond donors (Lipinski definition) is 1. The lowest BCUT2D eigenvalue weighted by Gasteiger charge is -2.33. The fourth-order valence-corrected chi connectivity index (χ4v) is 6.17. The van der Waals surface area contributed by atoms with Crippen LogP contribution in [0.5, 0.6) is 0 Å². The fraction of sp³-hybridized carbons (Fsp3) is 0.310. The highest BCUT2D eigenvalue weighted by molar-refractivity contribution is 7.92. The van der Waals surface area contributed by atoms with E-state index in [2.05, 4.69) is 5.32 Å². The molecule has 0 aliphatic heterocycles. The molecule has 42 heavy (non-hydrogen) atoms. The molecule has 0 fully saturated rings. The number of alkyl halides is 3. The summed E-state index contributed by atoms with van der Waals surface area (Å²) in [6.07, 6.45) is -3.98. The summed E-state index contributed by atoms with van der Waals surface area (Å²) in [5.74, 6) is -1.33. The average molecular weight is 645 g/mol. The van der Waals surface area contributed by atoms with Crippen LogP contribution in [-0.4, -0.2) is 44.3 Å². The highest BCUT2D eigenvalue weighted by Crippen LogP contribution is 2.34. The number of anilines is 1. The molecule has 3 aromatic rings. The quantitative estimate of drug-likeness (QED) is 0.243. The number of benzene rings is 3. The van der Waals surface area contributed by atoms with Crippen LogP contribution in [0, 0.1) is 0 Å². The molecule has 0 radical (unpaired) electrons. The lowest BCUT2D eigenvalue weighted by atomic mass is 10.1. The molecule has 7 nitrogen and oxygen atoms in total. The van der Waals surface area contributed by atoms with Crippen molar-refractivity contribution in [2.75, 3.05) is 17.4 Å². The second-order valence-corrected chi connectivity index (χ2v) is 12.0. The maximum absolute atomic E-state index is 14.0. The molecule has 0 saturated heterocycles. The molecule has 0 saturated carbocycles. The number of carbonyl (C=O) groups excluding carboxylic acids is 2. The van der Waals surface area contributed by atoms with Crippen molar-refractivity contribution in [1.82, 2.24) is 10.2 Å². The lowest BCUT2D eigenvalue weighted by molar-refractivity contribution is -0.140. The molecule has 0 bridgehead atoms. The van der Waals surface area contributed by atoms with Gasteiger partial charge >= 0.3 is 6.18 Å². The van der Waals surface area contributed by atoms with Crippen molar-refractivity contribution in [2.24, 2.45) is 0 Å². The van der Waals surface area contributed by atoms with E-state index >= 15 is 0 Å². The minimum atomic E-state index is -4.76. The Morgan fingerprint density at radius 1 is 0.929 bits per heavy atom. The predicted molar refractivity (Wildman–Crippen MR) is 157 cm³/mol. The van der Waals surface area contributed by atoms with E-state index in [0.717, 1.165) is 17.0 Å². The summed E-state index contributed by atoms with van der Waals surface area (Å²) in [7, 11) is -4.54. The first-order valence-corrected chi connectivity index (χ1v) is 15.3. The minimum absolute atomic E-state index is 0.151. The highest BCUT2D eigenvalue weighted by Gasteiger charge is 2.36. The second-order valence-electron chi connectivity index (χ2n) is 9.31. The van der Waals surface area contributed by atoms with Crippen molar-refractivity contribution >= 4 is 50.7 Å². The number of rotatable bonds is 12. The molecule has 0 unspecified atom stereocenters. The molecular formula is C29H30Cl2F3N3O4S. The maximum Gasteiger partial charge on any atom is 0.416 e. The molecule has 0 heterocycles. The Morgan fingerprint density at radius 3 is 2.12 bits per heavy atom. The van der Waals surface area contributed by atoms with Crippen molar-refractivity contribution in [3.8, 4) is 0 Å². The van der Waals surface area contributed by atoms with E-state index in [4.69, 9.17) is 23.2 Å². The van der Waals surface area contributed by atoms with Gasteiger partial charge in [-0.25, -0.2) is 8.42 Å². The van der Waals surface area contributed by atoms with Gasteiger partial charge in [0, 0.05) is 28.7 Å². The number of nitrogens with one attached hydrogen (secondary N) is 1. The molecule has 3 rings (SSSR count). The molecule has 13 heteroatoms. The molecule has 1 N–H and O–H groups in total. The summed E-state index contributed by atoms with van der Waals surface area (Å²) in [4.78, 5) is 28.1. The first-order valence-electron chi connectivity index (χ1n) is 13.1. The van der Waals surface area contributed by atoms with Crippen LogP contribution in [0.15, 0.2) is 77.7 Å². The van der Waals surface area contributed by atoms with Gasteiger partial charge in [0.1, 0.15) is 12.6 Å². The molecule has 1 atom stereocenters. The van der Waals surface area contributed by atoms with Crippen molar-refractivity contribution in [2.45, 2.75) is 50.3 Å². The summed E-state index contributed by atoms with van der Waals surface area (Å²) in [6.45, 7) is 2.71.